The molecule has 0 saturated heterocycles. The third kappa shape index (κ3) is 6.39. The number of halogens is 2. The summed E-state index contributed by atoms with van der Waals surface area (Å²) in [6.07, 6.45) is 0. The van der Waals surface area contributed by atoms with E-state index in [1.807, 2.05) is 30.3 Å². The molecule has 0 heterocycles. The van der Waals surface area contributed by atoms with Crippen LogP contribution in [0, 0.1) is 0 Å². The Morgan fingerprint density at radius 1 is 1.08 bits per heavy atom. The van der Waals surface area contributed by atoms with Crippen LogP contribution in [0.25, 0.3) is 0 Å². The van der Waals surface area contributed by atoms with Gasteiger partial charge in [0.1, 0.15) is 0 Å². The first kappa shape index (κ1) is 17.7. The third-order valence-corrected chi connectivity index (χ3v) is 1.15. The summed E-state index contributed by atoms with van der Waals surface area (Å²) >= 11 is 0. The molecule has 0 aliphatic rings. The van der Waals surface area contributed by atoms with Crippen LogP contribution >= 0.6 is 24.8 Å². The molecule has 1 aromatic rings. The number of benzene rings is 1. The maximum Gasteiger partial charge on any atom is 0.0348 e. The predicted molar refractivity (Wildman–Crippen MR) is 57.0 cm³/mol. The lowest BCUT2D eigenvalue weighted by molar-refractivity contribution is 0.741. The number of nitrogens with one attached hydrogen (secondary N) is 1. The highest BCUT2D eigenvalue weighted by Crippen LogP contribution is 1.95. The molecule has 0 atom stereocenters. The lowest BCUT2D eigenvalue weighted by atomic mass is 10.2. The van der Waals surface area contributed by atoms with Crippen molar-refractivity contribution in [1.82, 2.24) is 11.6 Å². The average Bonchev–Trinajstić information content (AvgIpc) is 1.91. The minimum atomic E-state index is 0. The van der Waals surface area contributed by atoms with Crippen molar-refractivity contribution in [3.63, 3.8) is 0 Å². The van der Waals surface area contributed by atoms with Crippen LogP contribution in [0.4, 0.5) is 0 Å². The fraction of sp³-hybridized carbons (Fsp3) is 0.143. The van der Waals surface area contributed by atoms with Crippen LogP contribution in [-0.2, 0) is 6.54 Å². The molecule has 5 heteroatoms. The van der Waals surface area contributed by atoms with E-state index < -0.39 is 0 Å². The maximum atomic E-state index is 5.11. The van der Waals surface area contributed by atoms with Crippen molar-refractivity contribution in [3.05, 3.63) is 35.9 Å². The summed E-state index contributed by atoms with van der Waals surface area (Å²) in [5.41, 5.74) is 3.79. The fourth-order valence-electron chi connectivity index (χ4n) is 0.714. The first-order valence-electron chi connectivity index (χ1n) is 2.91. The molecule has 72 valence electrons. The van der Waals surface area contributed by atoms with Gasteiger partial charge in [0.2, 0.25) is 0 Å². The van der Waals surface area contributed by atoms with Crippen LogP contribution in [0.3, 0.4) is 0 Å². The summed E-state index contributed by atoms with van der Waals surface area (Å²) in [6, 6.07) is 10.0. The Kier molecular flexibility index (Phi) is 15.7. The van der Waals surface area contributed by atoms with Gasteiger partial charge in [-0.05, 0) is 5.56 Å². The second kappa shape index (κ2) is 10.7. The lowest BCUT2D eigenvalue weighted by Crippen LogP contribution is -2.20. The van der Waals surface area contributed by atoms with Crippen LogP contribution in [0.5, 0.6) is 0 Å². The zero-order valence-electron chi connectivity index (χ0n) is 6.69. The molecular formula is C7H15Cl2N3. The van der Waals surface area contributed by atoms with Gasteiger partial charge in [0.05, 0.1) is 0 Å². The summed E-state index contributed by atoms with van der Waals surface area (Å²) in [6.45, 7) is 0.737. The molecule has 0 aromatic heterocycles. The first-order valence-corrected chi connectivity index (χ1v) is 2.91. The molecule has 3 nitrogen and oxygen atoms in total. The van der Waals surface area contributed by atoms with Gasteiger partial charge in [-0.3, -0.25) is 11.3 Å². The molecular weight excluding hydrogens is 197 g/mol. The van der Waals surface area contributed by atoms with Crippen molar-refractivity contribution >= 4 is 24.8 Å². The second-order valence-corrected chi connectivity index (χ2v) is 1.87. The molecule has 12 heavy (non-hydrogen) atoms. The van der Waals surface area contributed by atoms with E-state index in [1.165, 1.54) is 5.56 Å². The van der Waals surface area contributed by atoms with E-state index in [1.54, 1.807) is 0 Å². The minimum absolute atomic E-state index is 0. The molecule has 0 unspecified atom stereocenters. The number of hydrogen-bond donors (Lipinski definition) is 3. The van der Waals surface area contributed by atoms with Gasteiger partial charge < -0.3 is 6.15 Å². The molecule has 1 rings (SSSR count). The predicted octanol–water partition coefficient (Wildman–Crippen LogP) is 1.66. The van der Waals surface area contributed by atoms with Crippen molar-refractivity contribution in [2.75, 3.05) is 0 Å². The van der Waals surface area contributed by atoms with Gasteiger partial charge in [0.25, 0.3) is 0 Å². The molecule has 0 aliphatic heterocycles. The lowest BCUT2D eigenvalue weighted by Gasteiger charge is -1.95. The summed E-state index contributed by atoms with van der Waals surface area (Å²) < 4.78 is 0. The zero-order chi connectivity index (χ0) is 6.53. The summed E-state index contributed by atoms with van der Waals surface area (Å²) in [7, 11) is 0. The molecule has 0 saturated carbocycles. The van der Waals surface area contributed by atoms with Crippen molar-refractivity contribution in [2.45, 2.75) is 6.54 Å². The Bertz CT molecular complexity index is 170. The van der Waals surface area contributed by atoms with E-state index in [-0.39, 0.29) is 31.0 Å². The maximum absolute atomic E-state index is 5.11. The number of hydrazine groups is 1. The Hall–Kier alpha value is -0.320. The summed E-state index contributed by atoms with van der Waals surface area (Å²) in [5, 5.41) is 0. The molecule has 0 amide bonds. The zero-order valence-corrected chi connectivity index (χ0v) is 8.33. The van der Waals surface area contributed by atoms with Crippen LogP contribution in [0.1, 0.15) is 5.56 Å². The normalized spacial score (nSPS) is 7.08. The summed E-state index contributed by atoms with van der Waals surface area (Å²) in [4.78, 5) is 0. The minimum Gasteiger partial charge on any atom is -0.344 e. The average molecular weight is 212 g/mol. The number of hydrogen-bond acceptors (Lipinski definition) is 3. The van der Waals surface area contributed by atoms with E-state index in [0.29, 0.717) is 0 Å². The van der Waals surface area contributed by atoms with E-state index >= 15 is 0 Å². The standard InChI is InChI=1S/C7H10N2.2ClH.H3N/c8-9-6-7-4-2-1-3-5-7;;;/h1-5,9H,6,8H2;2*1H;1H3. The molecule has 0 aliphatic carbocycles. The number of rotatable bonds is 2. The molecule has 0 radical (unpaired) electrons. The smallest absolute Gasteiger partial charge is 0.0348 e. The van der Waals surface area contributed by atoms with Crippen molar-refractivity contribution < 1.29 is 0 Å². The van der Waals surface area contributed by atoms with Gasteiger partial charge in [-0.1, -0.05) is 30.3 Å². The van der Waals surface area contributed by atoms with Crippen LogP contribution in [0.2, 0.25) is 0 Å². The highest BCUT2D eigenvalue weighted by molar-refractivity contribution is 5.85. The van der Waals surface area contributed by atoms with Crippen LogP contribution in [0.15, 0.2) is 30.3 Å². The monoisotopic (exact) mass is 211 g/mol. The van der Waals surface area contributed by atoms with Gasteiger partial charge in [-0.25, -0.2) is 0 Å². The Labute approximate surface area is 85.1 Å². The van der Waals surface area contributed by atoms with Crippen molar-refractivity contribution in [2.24, 2.45) is 5.84 Å². The van der Waals surface area contributed by atoms with Crippen LogP contribution < -0.4 is 17.4 Å². The fourth-order valence-corrected chi connectivity index (χ4v) is 0.714. The second-order valence-electron chi connectivity index (χ2n) is 1.87. The molecule has 0 spiro atoms. The van der Waals surface area contributed by atoms with Gasteiger partial charge in [0, 0.05) is 6.54 Å². The molecule has 1 aromatic carbocycles. The molecule has 0 bridgehead atoms. The third-order valence-electron chi connectivity index (χ3n) is 1.15. The Morgan fingerprint density at radius 3 is 2.00 bits per heavy atom. The van der Waals surface area contributed by atoms with Gasteiger partial charge in [0.15, 0.2) is 0 Å². The van der Waals surface area contributed by atoms with Gasteiger partial charge in [-0.15, -0.1) is 24.8 Å². The highest BCUT2D eigenvalue weighted by Gasteiger charge is 1.83. The summed E-state index contributed by atoms with van der Waals surface area (Å²) in [5.74, 6) is 5.11. The van der Waals surface area contributed by atoms with E-state index in [9.17, 15) is 0 Å². The number of nitrogens with two attached hydrogens (primary N) is 1. The van der Waals surface area contributed by atoms with E-state index in [4.69, 9.17) is 5.84 Å². The topological polar surface area (TPSA) is 73.0 Å². The van der Waals surface area contributed by atoms with Crippen molar-refractivity contribution in [3.8, 4) is 0 Å². The van der Waals surface area contributed by atoms with Crippen molar-refractivity contribution in [1.29, 1.82) is 0 Å². The quantitative estimate of drug-likeness (QED) is 0.515. The van der Waals surface area contributed by atoms with Gasteiger partial charge >= 0.3 is 0 Å². The van der Waals surface area contributed by atoms with Crippen LogP contribution in [-0.4, -0.2) is 0 Å². The SMILES string of the molecule is Cl.Cl.N.NNCc1ccccc1. The van der Waals surface area contributed by atoms with Gasteiger partial charge in [-0.2, -0.15) is 0 Å². The Morgan fingerprint density at radius 2 is 1.58 bits per heavy atom. The largest absolute Gasteiger partial charge is 0.344 e. The first-order chi connectivity index (χ1) is 4.43. The molecule has 6 N–H and O–H groups in total. The van der Waals surface area contributed by atoms with E-state index in [0.717, 1.165) is 6.54 Å². The van der Waals surface area contributed by atoms with E-state index in [2.05, 4.69) is 5.43 Å². The Balaban J connectivity index is -0.000000270. The highest BCUT2D eigenvalue weighted by atomic mass is 35.5. The molecule has 0 fully saturated rings.